The van der Waals surface area contributed by atoms with Crippen molar-refractivity contribution in [3.05, 3.63) is 63.4 Å². The van der Waals surface area contributed by atoms with E-state index in [1.165, 1.54) is 0 Å². The van der Waals surface area contributed by atoms with Crippen molar-refractivity contribution in [1.82, 2.24) is 9.55 Å². The second-order valence-electron chi connectivity index (χ2n) is 7.45. The largest absolute Gasteiger partial charge is 0.460 e. The lowest BCUT2D eigenvalue weighted by Gasteiger charge is -2.36. The van der Waals surface area contributed by atoms with E-state index in [1.807, 2.05) is 37.3 Å². The van der Waals surface area contributed by atoms with Crippen LogP contribution in [0.15, 0.2) is 41.2 Å². The van der Waals surface area contributed by atoms with Crippen molar-refractivity contribution in [2.45, 2.75) is 38.3 Å². The first-order valence-corrected chi connectivity index (χ1v) is 11.0. The molecule has 4 heterocycles. The number of nitrogens with zero attached hydrogens (tertiary/aromatic N) is 2. The van der Waals surface area contributed by atoms with Crippen molar-refractivity contribution in [3.63, 3.8) is 0 Å². The Hall–Kier alpha value is -2.22. The average molecular weight is 486 g/mol. The maximum Gasteiger partial charge on any atom is 0.316 e. The highest BCUT2D eigenvalue weighted by Gasteiger charge is 2.46. The molecular weight excluding hydrogens is 467 g/mol. The third-order valence-corrected chi connectivity index (χ3v) is 6.69. The number of fused-ring (bicyclic) bond motifs is 5. The van der Waals surface area contributed by atoms with Gasteiger partial charge in [0.1, 0.15) is 6.61 Å². The van der Waals surface area contributed by atoms with Gasteiger partial charge in [-0.15, -0.1) is 0 Å². The van der Waals surface area contributed by atoms with E-state index < -0.39 is 5.41 Å². The lowest BCUT2D eigenvalue weighted by Crippen LogP contribution is -2.44. The molecule has 5 nitrogen and oxygen atoms in total. The van der Waals surface area contributed by atoms with E-state index in [1.54, 1.807) is 4.57 Å². The van der Waals surface area contributed by atoms with Gasteiger partial charge in [0, 0.05) is 15.4 Å². The van der Waals surface area contributed by atoms with Gasteiger partial charge in [-0.05, 0) is 36.6 Å². The molecule has 1 aromatic carbocycles. The first kappa shape index (κ1) is 17.8. The van der Waals surface area contributed by atoms with Crippen LogP contribution < -0.4 is 5.56 Å². The fourth-order valence-electron chi connectivity index (χ4n) is 4.58. The van der Waals surface area contributed by atoms with Gasteiger partial charge in [-0.2, -0.15) is 0 Å². The normalized spacial score (nSPS) is 19.9. The number of carbonyl (C=O) groups excluding carboxylic acids is 1. The maximum atomic E-state index is 13.3. The minimum atomic E-state index is -0.747. The van der Waals surface area contributed by atoms with Crippen LogP contribution in [-0.4, -0.2) is 19.9 Å². The lowest BCUT2D eigenvalue weighted by molar-refractivity contribution is -0.154. The number of rotatable bonds is 3. The molecule has 28 heavy (non-hydrogen) atoms. The summed E-state index contributed by atoms with van der Waals surface area (Å²) in [5.74, 6) is -0.215. The predicted molar refractivity (Wildman–Crippen MR) is 116 cm³/mol. The monoisotopic (exact) mass is 486 g/mol. The molecule has 3 aromatic rings. The number of halogens is 1. The van der Waals surface area contributed by atoms with Gasteiger partial charge in [0.25, 0.3) is 5.56 Å². The lowest BCUT2D eigenvalue weighted by atomic mass is 9.73. The van der Waals surface area contributed by atoms with Crippen LogP contribution in [0.25, 0.3) is 22.3 Å². The zero-order valence-electron chi connectivity index (χ0n) is 15.5. The molecule has 0 radical (unpaired) electrons. The smallest absolute Gasteiger partial charge is 0.316 e. The van der Waals surface area contributed by atoms with Crippen LogP contribution >= 0.6 is 22.6 Å². The van der Waals surface area contributed by atoms with E-state index in [2.05, 4.69) is 28.7 Å². The Morgan fingerprint density at radius 1 is 1.25 bits per heavy atom. The molecule has 0 N–H and O–H groups in total. The van der Waals surface area contributed by atoms with Crippen LogP contribution in [0.5, 0.6) is 0 Å². The summed E-state index contributed by atoms with van der Waals surface area (Å²) >= 11 is 2.28. The number of cyclic esters (lactones) is 1. The molecule has 5 rings (SSSR count). The van der Waals surface area contributed by atoms with Gasteiger partial charge in [0.15, 0.2) is 0 Å². The Morgan fingerprint density at radius 3 is 2.86 bits per heavy atom. The average Bonchev–Trinajstić information content (AvgIpc) is 3.06. The van der Waals surface area contributed by atoms with Gasteiger partial charge >= 0.3 is 5.97 Å². The second-order valence-corrected chi connectivity index (χ2v) is 8.53. The Balaban J connectivity index is 1.79. The number of para-hydroxylation sites is 1. The highest BCUT2D eigenvalue weighted by atomic mass is 127. The first-order chi connectivity index (χ1) is 13.6. The summed E-state index contributed by atoms with van der Waals surface area (Å²) in [6, 6.07) is 12.1. The Labute approximate surface area is 175 Å². The number of aromatic nitrogens is 2. The summed E-state index contributed by atoms with van der Waals surface area (Å²) in [4.78, 5) is 31.0. The van der Waals surface area contributed by atoms with Crippen LogP contribution in [0.2, 0.25) is 0 Å². The van der Waals surface area contributed by atoms with E-state index in [-0.39, 0.29) is 18.1 Å². The minimum absolute atomic E-state index is 0.0576. The molecule has 0 fully saturated rings. The van der Waals surface area contributed by atoms with Gasteiger partial charge in [-0.25, -0.2) is 4.98 Å². The zero-order chi connectivity index (χ0) is 19.5. The van der Waals surface area contributed by atoms with E-state index in [0.717, 1.165) is 37.8 Å². The molecule has 2 aliphatic heterocycles. The van der Waals surface area contributed by atoms with Crippen molar-refractivity contribution in [2.75, 3.05) is 4.43 Å². The number of hydrogen-bond donors (Lipinski definition) is 0. The summed E-state index contributed by atoms with van der Waals surface area (Å²) in [5.41, 5.74) is 4.25. The SMILES string of the molecule is CC[C@@]1(CCI)C(=O)OCc2c1cc1n(c2=O)Cc2cc3ccccc3nc2-1. The minimum Gasteiger partial charge on any atom is -0.460 e. The molecule has 0 bridgehead atoms. The van der Waals surface area contributed by atoms with Crippen molar-refractivity contribution >= 4 is 39.5 Å². The second kappa shape index (κ2) is 6.40. The number of hydrogen-bond acceptors (Lipinski definition) is 4. The quantitative estimate of drug-likeness (QED) is 0.250. The van der Waals surface area contributed by atoms with Crippen molar-refractivity contribution < 1.29 is 9.53 Å². The van der Waals surface area contributed by atoms with E-state index in [0.29, 0.717) is 24.9 Å². The van der Waals surface area contributed by atoms with Gasteiger partial charge < -0.3 is 9.30 Å². The van der Waals surface area contributed by atoms with Gasteiger partial charge in [0.05, 0.1) is 34.4 Å². The summed E-state index contributed by atoms with van der Waals surface area (Å²) in [7, 11) is 0. The summed E-state index contributed by atoms with van der Waals surface area (Å²) in [6.07, 6.45) is 1.28. The van der Waals surface area contributed by atoms with Crippen molar-refractivity contribution in [2.24, 2.45) is 0 Å². The number of ether oxygens (including phenoxy) is 1. The summed E-state index contributed by atoms with van der Waals surface area (Å²) in [6.45, 7) is 2.56. The summed E-state index contributed by atoms with van der Waals surface area (Å²) < 4.78 is 8.07. The molecule has 1 atom stereocenters. The Kier molecular flexibility index (Phi) is 4.08. The van der Waals surface area contributed by atoms with Crippen molar-refractivity contribution in [1.29, 1.82) is 0 Å². The van der Waals surface area contributed by atoms with Gasteiger partial charge in [-0.3, -0.25) is 9.59 Å². The maximum absolute atomic E-state index is 13.3. The third-order valence-electron chi connectivity index (χ3n) is 6.15. The highest BCUT2D eigenvalue weighted by molar-refractivity contribution is 14.1. The zero-order valence-corrected chi connectivity index (χ0v) is 17.7. The molecule has 0 amide bonds. The summed E-state index contributed by atoms with van der Waals surface area (Å²) in [5, 5.41) is 1.07. The molecule has 0 saturated heterocycles. The predicted octanol–water partition coefficient (Wildman–Crippen LogP) is 3.95. The van der Waals surface area contributed by atoms with Crippen LogP contribution in [-0.2, 0) is 28.1 Å². The molecule has 2 aromatic heterocycles. The number of alkyl halides is 1. The number of pyridine rings is 2. The topological polar surface area (TPSA) is 61.2 Å². The molecule has 0 spiro atoms. The van der Waals surface area contributed by atoms with E-state index >= 15 is 0 Å². The molecule has 142 valence electrons. The van der Waals surface area contributed by atoms with Crippen LogP contribution in [0.4, 0.5) is 0 Å². The molecule has 0 unspecified atom stereocenters. The fourth-order valence-corrected chi connectivity index (χ4v) is 5.50. The highest BCUT2D eigenvalue weighted by Crippen LogP contribution is 2.42. The third kappa shape index (κ3) is 2.33. The number of carbonyl (C=O) groups is 1. The van der Waals surface area contributed by atoms with Crippen LogP contribution in [0, 0.1) is 0 Å². The first-order valence-electron chi connectivity index (χ1n) is 9.48. The molecule has 2 aliphatic rings. The fraction of sp³-hybridized carbons (Fsp3) is 0.318. The van der Waals surface area contributed by atoms with Crippen LogP contribution in [0.3, 0.4) is 0 Å². The Bertz CT molecular complexity index is 1200. The molecular formula is C22H19IN2O3. The van der Waals surface area contributed by atoms with Crippen molar-refractivity contribution in [3.8, 4) is 11.4 Å². The van der Waals surface area contributed by atoms with Crippen LogP contribution in [0.1, 0.15) is 36.5 Å². The Morgan fingerprint density at radius 2 is 2.07 bits per heavy atom. The molecule has 6 heteroatoms. The molecule has 0 saturated carbocycles. The number of benzene rings is 1. The standard InChI is InChI=1S/C22H19IN2O3/c1-2-22(7-8-23)16-10-18-19-14(9-13-5-3-4-6-17(13)24-19)11-25(18)20(26)15(16)12-28-21(22)27/h3-6,9-10H,2,7-8,11-12H2,1H3/t22-/m0/s1. The van der Waals surface area contributed by atoms with E-state index in [4.69, 9.17) is 9.72 Å². The van der Waals surface area contributed by atoms with E-state index in [9.17, 15) is 9.59 Å². The van der Waals surface area contributed by atoms with Gasteiger partial charge in [0.2, 0.25) is 0 Å². The number of esters is 1. The van der Waals surface area contributed by atoms with Gasteiger partial charge in [-0.1, -0.05) is 47.7 Å². The molecule has 0 aliphatic carbocycles.